The fourth-order valence-corrected chi connectivity index (χ4v) is 1.25. The van der Waals surface area contributed by atoms with Gasteiger partial charge in [0.15, 0.2) is 0 Å². The molecule has 6 heteroatoms. The fraction of sp³-hybridized carbons (Fsp3) is 0.417. The molecule has 0 radical (unpaired) electrons. The molecule has 100 valence electrons. The molecule has 0 aliphatic heterocycles. The number of likely N-dealkylation sites (N-methyl/N-ethyl adjacent to an activating group) is 1. The van der Waals surface area contributed by atoms with Crippen LogP contribution in [0.1, 0.15) is 12.5 Å². The Labute approximate surface area is 103 Å². The second-order valence-corrected chi connectivity index (χ2v) is 3.98. The highest BCUT2D eigenvalue weighted by Gasteiger charge is 2.40. The van der Waals surface area contributed by atoms with Gasteiger partial charge in [-0.2, -0.15) is 8.78 Å². The third-order valence-corrected chi connectivity index (χ3v) is 2.55. The number of alkyl halides is 2. The van der Waals surface area contributed by atoms with E-state index in [4.69, 9.17) is 0 Å². The van der Waals surface area contributed by atoms with Gasteiger partial charge in [0.1, 0.15) is 5.82 Å². The van der Waals surface area contributed by atoms with Crippen molar-refractivity contribution < 1.29 is 18.0 Å². The van der Waals surface area contributed by atoms with Gasteiger partial charge >= 0.3 is 5.92 Å². The van der Waals surface area contributed by atoms with Crippen LogP contribution in [0.4, 0.5) is 13.2 Å². The fourth-order valence-electron chi connectivity index (χ4n) is 1.25. The van der Waals surface area contributed by atoms with Gasteiger partial charge in [-0.1, -0.05) is 0 Å². The Morgan fingerprint density at radius 1 is 1.33 bits per heavy atom. The van der Waals surface area contributed by atoms with Gasteiger partial charge in [0.2, 0.25) is 0 Å². The number of carbonyl (C=O) groups excluding carboxylic acids is 1. The number of hydrogen-bond donors (Lipinski definition) is 2. The van der Waals surface area contributed by atoms with Crippen LogP contribution in [0.2, 0.25) is 0 Å². The lowest BCUT2D eigenvalue weighted by Crippen LogP contribution is -2.43. The van der Waals surface area contributed by atoms with E-state index in [1.165, 1.54) is 0 Å². The van der Waals surface area contributed by atoms with E-state index in [0.717, 1.165) is 24.3 Å². The summed E-state index contributed by atoms with van der Waals surface area (Å²) in [7, 11) is 1.66. The smallest absolute Gasteiger partial charge is 0.349 e. The zero-order valence-corrected chi connectivity index (χ0v) is 10.1. The molecule has 0 spiro atoms. The van der Waals surface area contributed by atoms with Crippen LogP contribution in [0.15, 0.2) is 24.3 Å². The number of carbonyl (C=O) groups is 1. The molecule has 0 fully saturated rings. The summed E-state index contributed by atoms with van der Waals surface area (Å²) in [4.78, 5) is 11.4. The molecule has 0 aromatic heterocycles. The minimum atomic E-state index is -3.67. The molecule has 0 saturated heterocycles. The molecule has 1 aromatic rings. The van der Waals surface area contributed by atoms with Crippen molar-refractivity contribution in [3.05, 3.63) is 35.6 Å². The zero-order valence-electron chi connectivity index (χ0n) is 10.1. The second-order valence-electron chi connectivity index (χ2n) is 3.98. The van der Waals surface area contributed by atoms with E-state index in [0.29, 0.717) is 0 Å². The molecule has 0 saturated carbocycles. The summed E-state index contributed by atoms with van der Waals surface area (Å²) < 4.78 is 40.0. The predicted octanol–water partition coefficient (Wildman–Crippen LogP) is 1.64. The maximum absolute atomic E-state index is 13.7. The molecule has 18 heavy (non-hydrogen) atoms. The first-order valence-corrected chi connectivity index (χ1v) is 5.47. The first-order valence-electron chi connectivity index (χ1n) is 5.47. The monoisotopic (exact) mass is 260 g/mol. The molecule has 1 amide bonds. The van der Waals surface area contributed by atoms with Gasteiger partial charge in [-0.05, 0) is 38.2 Å². The molecule has 1 unspecified atom stereocenters. The SMILES string of the molecule is CNC(C)CNC(=O)C(F)(F)c1ccc(F)cc1. The highest BCUT2D eigenvalue weighted by Crippen LogP contribution is 2.28. The Morgan fingerprint density at radius 3 is 2.39 bits per heavy atom. The Hall–Kier alpha value is -1.56. The van der Waals surface area contributed by atoms with Crippen LogP contribution in [-0.2, 0) is 10.7 Å². The topological polar surface area (TPSA) is 41.1 Å². The average molecular weight is 260 g/mol. The van der Waals surface area contributed by atoms with Crippen molar-refractivity contribution >= 4 is 5.91 Å². The van der Waals surface area contributed by atoms with Gasteiger partial charge in [0, 0.05) is 18.2 Å². The van der Waals surface area contributed by atoms with Gasteiger partial charge in [0.05, 0.1) is 0 Å². The predicted molar refractivity (Wildman–Crippen MR) is 61.8 cm³/mol. The molecule has 0 bridgehead atoms. The summed E-state index contributed by atoms with van der Waals surface area (Å²) in [5.74, 6) is -5.68. The molecule has 2 N–H and O–H groups in total. The molecule has 1 atom stereocenters. The summed E-state index contributed by atoms with van der Waals surface area (Å²) >= 11 is 0. The van der Waals surface area contributed by atoms with Crippen LogP contribution in [0.25, 0.3) is 0 Å². The summed E-state index contributed by atoms with van der Waals surface area (Å²) in [6.45, 7) is 1.84. The lowest BCUT2D eigenvalue weighted by molar-refractivity contribution is -0.147. The molecule has 1 aromatic carbocycles. The maximum Gasteiger partial charge on any atom is 0.349 e. The van der Waals surface area contributed by atoms with E-state index in [-0.39, 0.29) is 12.6 Å². The molecular formula is C12H15F3N2O. The van der Waals surface area contributed by atoms with Crippen molar-refractivity contribution in [2.45, 2.75) is 18.9 Å². The minimum Gasteiger partial charge on any atom is -0.349 e. The number of nitrogens with one attached hydrogen (secondary N) is 2. The van der Waals surface area contributed by atoms with Gasteiger partial charge in [-0.25, -0.2) is 4.39 Å². The maximum atomic E-state index is 13.7. The first-order chi connectivity index (χ1) is 8.37. The average Bonchev–Trinajstić information content (AvgIpc) is 2.35. The van der Waals surface area contributed by atoms with Crippen LogP contribution >= 0.6 is 0 Å². The first kappa shape index (κ1) is 14.5. The lowest BCUT2D eigenvalue weighted by Gasteiger charge is -2.18. The van der Waals surface area contributed by atoms with Crippen molar-refractivity contribution in [2.75, 3.05) is 13.6 Å². The van der Waals surface area contributed by atoms with Crippen LogP contribution in [0, 0.1) is 5.82 Å². The number of amides is 1. The Kier molecular flexibility index (Phi) is 4.72. The third kappa shape index (κ3) is 3.46. The summed E-state index contributed by atoms with van der Waals surface area (Å²) in [5, 5.41) is 4.95. The van der Waals surface area contributed by atoms with Crippen LogP contribution in [0.5, 0.6) is 0 Å². The Morgan fingerprint density at radius 2 is 1.89 bits per heavy atom. The number of rotatable bonds is 5. The standard InChI is InChI=1S/C12H15F3N2O/c1-8(16-2)7-17-11(18)12(14,15)9-3-5-10(13)6-4-9/h3-6,8,16H,7H2,1-2H3,(H,17,18). The summed E-state index contributed by atoms with van der Waals surface area (Å²) in [5.41, 5.74) is -0.529. The van der Waals surface area contributed by atoms with Crippen LogP contribution in [0.3, 0.4) is 0 Å². The van der Waals surface area contributed by atoms with Crippen LogP contribution < -0.4 is 10.6 Å². The largest absolute Gasteiger partial charge is 0.349 e. The zero-order chi connectivity index (χ0) is 13.8. The quantitative estimate of drug-likeness (QED) is 0.845. The molecule has 1 rings (SSSR count). The highest BCUT2D eigenvalue weighted by atomic mass is 19.3. The van der Waals surface area contributed by atoms with E-state index in [2.05, 4.69) is 10.6 Å². The van der Waals surface area contributed by atoms with Crippen molar-refractivity contribution in [1.29, 1.82) is 0 Å². The Bertz CT molecular complexity index is 406. The number of hydrogen-bond acceptors (Lipinski definition) is 2. The molecule has 0 aliphatic carbocycles. The van der Waals surface area contributed by atoms with E-state index >= 15 is 0 Å². The van der Waals surface area contributed by atoms with E-state index < -0.39 is 23.2 Å². The molecule has 0 aliphatic rings. The summed E-state index contributed by atoms with van der Waals surface area (Å²) in [6, 6.07) is 3.48. The van der Waals surface area contributed by atoms with Crippen molar-refractivity contribution in [3.8, 4) is 0 Å². The minimum absolute atomic E-state index is 0.0894. The summed E-state index contributed by atoms with van der Waals surface area (Å²) in [6.07, 6.45) is 0. The Balaban J connectivity index is 2.73. The van der Waals surface area contributed by atoms with Gasteiger partial charge in [-0.15, -0.1) is 0 Å². The number of halogens is 3. The highest BCUT2D eigenvalue weighted by molar-refractivity contribution is 5.84. The molecular weight excluding hydrogens is 245 g/mol. The molecule has 0 heterocycles. The van der Waals surface area contributed by atoms with Gasteiger partial charge in [0.25, 0.3) is 5.91 Å². The van der Waals surface area contributed by atoms with Crippen LogP contribution in [-0.4, -0.2) is 25.5 Å². The van der Waals surface area contributed by atoms with Gasteiger partial charge < -0.3 is 10.6 Å². The lowest BCUT2D eigenvalue weighted by atomic mass is 10.1. The van der Waals surface area contributed by atoms with Crippen molar-refractivity contribution in [3.63, 3.8) is 0 Å². The van der Waals surface area contributed by atoms with E-state index in [1.54, 1.807) is 14.0 Å². The van der Waals surface area contributed by atoms with Gasteiger partial charge in [-0.3, -0.25) is 4.79 Å². The van der Waals surface area contributed by atoms with E-state index in [1.807, 2.05) is 0 Å². The normalized spacial score (nSPS) is 13.2. The third-order valence-electron chi connectivity index (χ3n) is 2.55. The van der Waals surface area contributed by atoms with E-state index in [9.17, 15) is 18.0 Å². The van der Waals surface area contributed by atoms with Crippen molar-refractivity contribution in [1.82, 2.24) is 10.6 Å². The second kappa shape index (κ2) is 5.86. The molecule has 3 nitrogen and oxygen atoms in total. The van der Waals surface area contributed by atoms with Crippen molar-refractivity contribution in [2.24, 2.45) is 0 Å². The number of benzene rings is 1.